The maximum absolute atomic E-state index is 15.2. The molecule has 204 valence electrons. The lowest BCUT2D eigenvalue weighted by Crippen LogP contribution is -2.34. The van der Waals surface area contributed by atoms with E-state index in [9.17, 15) is 13.2 Å². The van der Waals surface area contributed by atoms with Crippen molar-refractivity contribution >= 4 is 56.3 Å². The van der Waals surface area contributed by atoms with E-state index in [-0.39, 0.29) is 55.2 Å². The van der Waals surface area contributed by atoms with E-state index in [1.54, 1.807) is 4.90 Å². The summed E-state index contributed by atoms with van der Waals surface area (Å²) in [6.07, 6.45) is 3.64. The van der Waals surface area contributed by atoms with E-state index in [2.05, 4.69) is 19.7 Å². The molecule has 0 radical (unpaired) electrons. The number of anilines is 2. The van der Waals surface area contributed by atoms with Crippen molar-refractivity contribution in [3.63, 3.8) is 0 Å². The Hall–Kier alpha value is -3.45. The lowest BCUT2D eigenvalue weighted by Gasteiger charge is -2.20. The molecule has 0 saturated carbocycles. The van der Waals surface area contributed by atoms with Crippen molar-refractivity contribution in [2.45, 2.75) is 17.4 Å². The number of nitrogens with zero attached hydrogens (tertiary/aromatic N) is 5. The Labute approximate surface area is 234 Å². The van der Waals surface area contributed by atoms with Crippen LogP contribution in [0.4, 0.5) is 15.9 Å². The quantitative estimate of drug-likeness (QED) is 0.347. The zero-order valence-corrected chi connectivity index (χ0v) is 23.2. The van der Waals surface area contributed by atoms with Crippen LogP contribution < -0.4 is 10.5 Å². The summed E-state index contributed by atoms with van der Waals surface area (Å²) in [7, 11) is -0.239. The van der Waals surface area contributed by atoms with Crippen molar-refractivity contribution in [1.29, 1.82) is 0 Å². The minimum Gasteiger partial charge on any atom is -0.383 e. The smallest absolute Gasteiger partial charge is 0.264 e. The Bertz CT molecular complexity index is 1690. The van der Waals surface area contributed by atoms with Gasteiger partial charge in [-0.2, -0.15) is 9.61 Å². The van der Waals surface area contributed by atoms with Gasteiger partial charge >= 0.3 is 0 Å². The predicted octanol–water partition coefficient (Wildman–Crippen LogP) is 4.00. The van der Waals surface area contributed by atoms with E-state index in [1.165, 1.54) is 47.2 Å². The number of aromatic nitrogens is 3. The van der Waals surface area contributed by atoms with Gasteiger partial charge in [-0.1, -0.05) is 29.3 Å². The average molecular weight is 592 g/mol. The Balaban J connectivity index is 1.42. The molecular weight excluding hydrogens is 568 g/mol. The molecule has 1 fully saturated rings. The van der Waals surface area contributed by atoms with E-state index in [0.29, 0.717) is 18.7 Å². The second kappa shape index (κ2) is 10.3. The number of likely N-dealkylation sites (tertiary alicyclic amines) is 1. The maximum atomic E-state index is 15.2. The van der Waals surface area contributed by atoms with Gasteiger partial charge in [0.15, 0.2) is 5.65 Å². The van der Waals surface area contributed by atoms with Crippen molar-refractivity contribution in [2.75, 3.05) is 37.6 Å². The largest absolute Gasteiger partial charge is 0.383 e. The van der Waals surface area contributed by atoms with Crippen LogP contribution in [0.15, 0.2) is 53.7 Å². The molecule has 2 aromatic carbocycles. The first-order valence-electron chi connectivity index (χ1n) is 11.8. The lowest BCUT2D eigenvalue weighted by atomic mass is 10.1. The topological polar surface area (TPSA) is 126 Å². The molecule has 1 unspecified atom stereocenters. The van der Waals surface area contributed by atoms with Crippen LogP contribution >= 0.6 is 23.2 Å². The molecule has 1 atom stereocenters. The molecule has 4 aromatic rings. The first-order chi connectivity index (χ1) is 18.5. The number of carbonyl (C=O) groups is 1. The van der Waals surface area contributed by atoms with Crippen LogP contribution in [0, 0.1) is 5.82 Å². The highest BCUT2D eigenvalue weighted by Crippen LogP contribution is 2.33. The van der Waals surface area contributed by atoms with Gasteiger partial charge in [-0.25, -0.2) is 17.8 Å². The fourth-order valence-corrected chi connectivity index (χ4v) is 6.76. The number of hydrogen-bond acceptors (Lipinski definition) is 7. The monoisotopic (exact) mass is 591 g/mol. The number of rotatable bonds is 6. The van der Waals surface area contributed by atoms with Crippen molar-refractivity contribution in [3.05, 3.63) is 70.2 Å². The van der Waals surface area contributed by atoms with Crippen molar-refractivity contribution < 1.29 is 17.6 Å². The van der Waals surface area contributed by atoms with Gasteiger partial charge in [0, 0.05) is 36.5 Å². The molecule has 3 N–H and O–H groups in total. The summed E-state index contributed by atoms with van der Waals surface area (Å²) in [6, 6.07) is 8.30. The van der Waals surface area contributed by atoms with Gasteiger partial charge in [0.1, 0.15) is 22.1 Å². The number of nitrogens with one attached hydrogen (secondary N) is 1. The number of benzene rings is 2. The van der Waals surface area contributed by atoms with Crippen LogP contribution in [-0.2, 0) is 10.0 Å². The van der Waals surface area contributed by atoms with Gasteiger partial charge in [-0.3, -0.25) is 9.52 Å². The summed E-state index contributed by atoms with van der Waals surface area (Å²) >= 11 is 12.1. The summed E-state index contributed by atoms with van der Waals surface area (Å²) in [4.78, 5) is 21.0. The third-order valence-corrected chi connectivity index (χ3v) is 9.01. The maximum Gasteiger partial charge on any atom is 0.264 e. The molecule has 2 aromatic heterocycles. The number of halogens is 3. The number of amides is 1. The van der Waals surface area contributed by atoms with Crippen molar-refractivity contribution in [3.8, 4) is 11.1 Å². The van der Waals surface area contributed by atoms with Gasteiger partial charge in [0.25, 0.3) is 15.9 Å². The Morgan fingerprint density at radius 3 is 2.51 bits per heavy atom. The molecule has 1 aliphatic rings. The first kappa shape index (κ1) is 27.1. The molecule has 0 bridgehead atoms. The highest BCUT2D eigenvalue weighted by atomic mass is 35.5. The number of nitrogens with two attached hydrogens (primary N) is 1. The van der Waals surface area contributed by atoms with Crippen LogP contribution in [-0.4, -0.2) is 71.9 Å². The number of carbonyl (C=O) groups excluding carboxylic acids is 1. The average Bonchev–Trinajstić information content (AvgIpc) is 3.52. The molecule has 3 heterocycles. The van der Waals surface area contributed by atoms with E-state index < -0.39 is 15.8 Å². The normalized spacial score (nSPS) is 15.8. The molecule has 0 spiro atoms. The van der Waals surface area contributed by atoms with Gasteiger partial charge in [0.2, 0.25) is 0 Å². The van der Waals surface area contributed by atoms with Crippen LogP contribution in [0.25, 0.3) is 16.8 Å². The third-order valence-electron chi connectivity index (χ3n) is 6.67. The van der Waals surface area contributed by atoms with Gasteiger partial charge in [-0.05, 0) is 50.8 Å². The second-order valence-electron chi connectivity index (χ2n) is 9.36. The van der Waals surface area contributed by atoms with Crippen LogP contribution in [0.2, 0.25) is 10.0 Å². The molecule has 0 aliphatic carbocycles. The zero-order chi connectivity index (χ0) is 28.1. The van der Waals surface area contributed by atoms with Gasteiger partial charge in [0.05, 0.1) is 21.9 Å². The van der Waals surface area contributed by atoms with Crippen molar-refractivity contribution in [1.82, 2.24) is 24.4 Å². The van der Waals surface area contributed by atoms with E-state index >= 15 is 4.39 Å². The number of sulfonamides is 1. The van der Waals surface area contributed by atoms with Crippen LogP contribution in [0.1, 0.15) is 16.8 Å². The molecular formula is C25H24Cl2FN7O3S. The predicted molar refractivity (Wildman–Crippen MR) is 148 cm³/mol. The van der Waals surface area contributed by atoms with E-state index in [0.717, 1.165) is 12.5 Å². The number of likely N-dealkylation sites (N-methyl/N-ethyl adjacent to an activating group) is 1. The summed E-state index contributed by atoms with van der Waals surface area (Å²) in [5.41, 5.74) is 7.12. The number of nitrogen functional groups attached to an aromatic ring is 1. The Morgan fingerprint density at radius 1 is 1.15 bits per heavy atom. The molecule has 10 nitrogen and oxygen atoms in total. The summed E-state index contributed by atoms with van der Waals surface area (Å²) in [5, 5.41) is 4.09. The highest BCUT2D eigenvalue weighted by Gasteiger charge is 2.30. The molecule has 1 saturated heterocycles. The Kier molecular flexibility index (Phi) is 7.14. The molecule has 1 aliphatic heterocycles. The second-order valence-corrected chi connectivity index (χ2v) is 11.8. The molecule has 5 rings (SSSR count). The number of hydrogen-bond donors (Lipinski definition) is 2. The van der Waals surface area contributed by atoms with Crippen LogP contribution in [0.3, 0.4) is 0 Å². The first-order valence-corrected chi connectivity index (χ1v) is 14.1. The fourth-order valence-electron chi connectivity index (χ4n) is 4.57. The minimum atomic E-state index is -4.20. The minimum absolute atomic E-state index is 0.0477. The molecule has 14 heteroatoms. The molecule has 39 heavy (non-hydrogen) atoms. The zero-order valence-electron chi connectivity index (χ0n) is 20.9. The highest BCUT2D eigenvalue weighted by molar-refractivity contribution is 7.93. The lowest BCUT2D eigenvalue weighted by molar-refractivity contribution is 0.0784. The van der Waals surface area contributed by atoms with Crippen molar-refractivity contribution in [2.24, 2.45) is 0 Å². The van der Waals surface area contributed by atoms with Gasteiger partial charge in [-0.15, -0.1) is 0 Å². The Morgan fingerprint density at radius 2 is 1.87 bits per heavy atom. The van der Waals surface area contributed by atoms with Crippen LogP contribution in [0.5, 0.6) is 0 Å². The standard InChI is InChI=1S/C25H24Cl2FN7O3S/c1-33(2)15-8-9-34(13-15)25(36)18-12-31-35-23(29)17(11-30-24(18)35)16-7-6-14(10-21(16)28)32-39(37,38)22-19(26)4-3-5-20(22)27/h3-7,10-12,15,32H,8-9,13,29H2,1-2H3. The third kappa shape index (κ3) is 5.00. The summed E-state index contributed by atoms with van der Waals surface area (Å²) < 4.78 is 44.5. The summed E-state index contributed by atoms with van der Waals surface area (Å²) in [6.45, 7) is 1.22. The van der Waals surface area contributed by atoms with E-state index in [1.807, 2.05) is 14.1 Å². The SMILES string of the molecule is CN(C)C1CCN(C(=O)c2cnn3c(N)c(-c4ccc(NS(=O)(=O)c5c(Cl)cccc5Cl)cc4F)cnc23)C1. The van der Waals surface area contributed by atoms with E-state index in [4.69, 9.17) is 28.9 Å². The fraction of sp³-hybridized carbons (Fsp3) is 0.240. The summed E-state index contributed by atoms with van der Waals surface area (Å²) in [5.74, 6) is -0.888. The molecule has 1 amide bonds. The number of fused-ring (bicyclic) bond motifs is 1. The van der Waals surface area contributed by atoms with Gasteiger partial charge < -0.3 is 15.5 Å².